The predicted octanol–water partition coefficient (Wildman–Crippen LogP) is 2.11. The van der Waals surface area contributed by atoms with Gasteiger partial charge in [-0.25, -0.2) is 4.79 Å². The molecule has 1 unspecified atom stereocenters. The molecule has 1 atom stereocenters. The van der Waals surface area contributed by atoms with Crippen LogP contribution in [0.1, 0.15) is 46.1 Å². The molecular weight excluding hydrogens is 300 g/mol. The second kappa shape index (κ2) is 7.96. The number of anilines is 1. The van der Waals surface area contributed by atoms with Crippen LogP contribution < -0.4 is 10.6 Å². The lowest BCUT2D eigenvalue weighted by molar-refractivity contribution is -0.137. The van der Waals surface area contributed by atoms with E-state index in [-0.39, 0.29) is 12.5 Å². The Kier molecular flexibility index (Phi) is 6.56. The van der Waals surface area contributed by atoms with Crippen LogP contribution in [-0.2, 0) is 23.1 Å². The van der Waals surface area contributed by atoms with E-state index in [1.54, 1.807) is 38.7 Å². The molecule has 0 saturated heterocycles. The van der Waals surface area contributed by atoms with E-state index in [2.05, 4.69) is 15.7 Å². The van der Waals surface area contributed by atoms with Gasteiger partial charge in [-0.15, -0.1) is 0 Å². The minimum Gasteiger partial charge on any atom is -0.481 e. The molecule has 0 fully saturated rings. The van der Waals surface area contributed by atoms with Crippen molar-refractivity contribution in [1.82, 2.24) is 15.1 Å². The molecule has 0 aliphatic carbocycles. The van der Waals surface area contributed by atoms with Crippen LogP contribution >= 0.6 is 0 Å². The minimum absolute atomic E-state index is 0.0423. The van der Waals surface area contributed by atoms with E-state index in [0.29, 0.717) is 18.8 Å². The number of carbonyl (C=O) groups is 2. The molecule has 1 heterocycles. The third-order valence-electron chi connectivity index (χ3n) is 3.07. The van der Waals surface area contributed by atoms with E-state index in [1.165, 1.54) is 0 Å². The van der Waals surface area contributed by atoms with Crippen molar-refractivity contribution >= 4 is 17.9 Å². The van der Waals surface area contributed by atoms with Crippen LogP contribution in [0.5, 0.6) is 0 Å². The monoisotopic (exact) mass is 326 g/mol. The first-order valence-electron chi connectivity index (χ1n) is 7.54. The molecule has 0 aliphatic rings. The first kappa shape index (κ1) is 19.0. The van der Waals surface area contributed by atoms with Crippen molar-refractivity contribution in [2.45, 2.75) is 58.7 Å². The summed E-state index contributed by atoms with van der Waals surface area (Å²) in [5.41, 5.74) is 0.229. The number of carbonyl (C=O) groups excluding carboxylic acids is 1. The molecule has 0 radical (unpaired) electrons. The average Bonchev–Trinajstić information content (AvgIpc) is 2.73. The molecular formula is C15H26N4O4. The molecule has 8 heteroatoms. The van der Waals surface area contributed by atoms with Crippen LogP contribution in [0.15, 0.2) is 6.20 Å². The van der Waals surface area contributed by atoms with Gasteiger partial charge in [0.05, 0.1) is 6.20 Å². The van der Waals surface area contributed by atoms with Gasteiger partial charge in [0.15, 0.2) is 0 Å². The van der Waals surface area contributed by atoms with Gasteiger partial charge in [-0.2, -0.15) is 5.10 Å². The van der Waals surface area contributed by atoms with Gasteiger partial charge in [-0.3, -0.25) is 14.8 Å². The van der Waals surface area contributed by atoms with Crippen LogP contribution in [-0.4, -0.2) is 38.6 Å². The van der Waals surface area contributed by atoms with Gasteiger partial charge in [0.1, 0.15) is 11.4 Å². The summed E-state index contributed by atoms with van der Waals surface area (Å²) in [6, 6.07) is 0.0423. The van der Waals surface area contributed by atoms with E-state index in [0.717, 1.165) is 5.56 Å². The molecule has 130 valence electrons. The normalized spacial score (nSPS) is 12.7. The molecule has 0 spiro atoms. The van der Waals surface area contributed by atoms with Crippen LogP contribution in [0, 0.1) is 0 Å². The Morgan fingerprint density at radius 1 is 1.43 bits per heavy atom. The second-order valence-electron chi connectivity index (χ2n) is 6.48. The maximum Gasteiger partial charge on any atom is 0.413 e. The van der Waals surface area contributed by atoms with Crippen molar-refractivity contribution in [2.24, 2.45) is 7.05 Å². The third kappa shape index (κ3) is 7.14. The zero-order valence-electron chi connectivity index (χ0n) is 14.3. The standard InChI is InChI=1S/C15H26N4O4/c1-10(6-7-12(20)21)16-8-11-9-17-19(5)13(11)18-14(22)23-15(2,3)4/h9-10,16H,6-8H2,1-5H3,(H,18,22)(H,20,21). The maximum absolute atomic E-state index is 11.9. The number of hydrogen-bond acceptors (Lipinski definition) is 5. The van der Waals surface area contributed by atoms with E-state index < -0.39 is 17.7 Å². The number of carboxylic acids is 1. The lowest BCUT2D eigenvalue weighted by atomic mass is 10.2. The van der Waals surface area contributed by atoms with Crippen molar-refractivity contribution in [1.29, 1.82) is 0 Å². The number of rotatable bonds is 7. The fourth-order valence-corrected chi connectivity index (χ4v) is 1.90. The predicted molar refractivity (Wildman–Crippen MR) is 86.2 cm³/mol. The zero-order valence-corrected chi connectivity index (χ0v) is 14.3. The Hall–Kier alpha value is -2.09. The number of hydrogen-bond donors (Lipinski definition) is 3. The summed E-state index contributed by atoms with van der Waals surface area (Å²) in [6.45, 7) is 7.77. The van der Waals surface area contributed by atoms with E-state index in [1.807, 2.05) is 6.92 Å². The molecule has 8 nitrogen and oxygen atoms in total. The lowest BCUT2D eigenvalue weighted by Crippen LogP contribution is -2.29. The van der Waals surface area contributed by atoms with Gasteiger partial charge in [0.2, 0.25) is 0 Å². The fraction of sp³-hybridized carbons (Fsp3) is 0.667. The third-order valence-corrected chi connectivity index (χ3v) is 3.07. The molecule has 1 amide bonds. The van der Waals surface area contributed by atoms with Crippen LogP contribution in [0.2, 0.25) is 0 Å². The average molecular weight is 326 g/mol. The van der Waals surface area contributed by atoms with Crippen molar-refractivity contribution in [3.63, 3.8) is 0 Å². The first-order chi connectivity index (χ1) is 10.6. The van der Waals surface area contributed by atoms with Crippen LogP contribution in [0.25, 0.3) is 0 Å². The molecule has 0 aliphatic heterocycles. The van der Waals surface area contributed by atoms with Gasteiger partial charge < -0.3 is 15.2 Å². The molecule has 0 aromatic carbocycles. The summed E-state index contributed by atoms with van der Waals surface area (Å²) in [6.07, 6.45) is 1.76. The molecule has 0 saturated carbocycles. The highest BCUT2D eigenvalue weighted by atomic mass is 16.6. The molecule has 3 N–H and O–H groups in total. The summed E-state index contributed by atoms with van der Waals surface area (Å²) in [5.74, 6) is -0.260. The minimum atomic E-state index is -0.813. The number of aliphatic carboxylic acids is 1. The van der Waals surface area contributed by atoms with Crippen molar-refractivity contribution in [2.75, 3.05) is 5.32 Å². The Labute approximate surface area is 136 Å². The SMILES string of the molecule is CC(CCC(=O)O)NCc1cnn(C)c1NC(=O)OC(C)(C)C. The molecule has 1 aromatic rings. The molecule has 1 rings (SSSR count). The van der Waals surface area contributed by atoms with Gasteiger partial charge in [0, 0.05) is 31.6 Å². The highest BCUT2D eigenvalue weighted by molar-refractivity contribution is 5.84. The number of nitrogens with zero attached hydrogens (tertiary/aromatic N) is 2. The summed E-state index contributed by atoms with van der Waals surface area (Å²) < 4.78 is 6.79. The first-order valence-corrected chi connectivity index (χ1v) is 7.54. The van der Waals surface area contributed by atoms with Crippen LogP contribution in [0.4, 0.5) is 10.6 Å². The number of aromatic nitrogens is 2. The number of carboxylic acid groups (broad SMARTS) is 1. The van der Waals surface area contributed by atoms with Gasteiger partial charge >= 0.3 is 12.1 Å². The smallest absolute Gasteiger partial charge is 0.413 e. The molecule has 1 aromatic heterocycles. The largest absolute Gasteiger partial charge is 0.481 e. The van der Waals surface area contributed by atoms with Crippen molar-refractivity contribution < 1.29 is 19.4 Å². The highest BCUT2D eigenvalue weighted by Crippen LogP contribution is 2.16. The van der Waals surface area contributed by atoms with E-state index >= 15 is 0 Å². The van der Waals surface area contributed by atoms with Crippen molar-refractivity contribution in [3.8, 4) is 0 Å². The summed E-state index contributed by atoms with van der Waals surface area (Å²) in [5, 5.41) is 18.7. The Morgan fingerprint density at radius 3 is 2.65 bits per heavy atom. The maximum atomic E-state index is 11.9. The Balaban J connectivity index is 2.61. The number of aryl methyl sites for hydroxylation is 1. The fourth-order valence-electron chi connectivity index (χ4n) is 1.90. The summed E-state index contributed by atoms with van der Waals surface area (Å²) in [7, 11) is 1.73. The summed E-state index contributed by atoms with van der Waals surface area (Å²) in [4.78, 5) is 22.5. The highest BCUT2D eigenvalue weighted by Gasteiger charge is 2.19. The molecule has 0 bridgehead atoms. The second-order valence-corrected chi connectivity index (χ2v) is 6.48. The summed E-state index contributed by atoms with van der Waals surface area (Å²) >= 11 is 0. The van der Waals surface area contributed by atoms with E-state index in [9.17, 15) is 9.59 Å². The van der Waals surface area contributed by atoms with Gasteiger partial charge in [0.25, 0.3) is 0 Å². The number of amides is 1. The van der Waals surface area contributed by atoms with Crippen molar-refractivity contribution in [3.05, 3.63) is 11.8 Å². The topological polar surface area (TPSA) is 105 Å². The van der Waals surface area contributed by atoms with E-state index in [4.69, 9.17) is 9.84 Å². The quantitative estimate of drug-likeness (QED) is 0.708. The Bertz CT molecular complexity index is 548. The number of nitrogens with one attached hydrogen (secondary N) is 2. The van der Waals surface area contributed by atoms with Gasteiger partial charge in [-0.1, -0.05) is 0 Å². The Morgan fingerprint density at radius 2 is 2.09 bits per heavy atom. The number of ether oxygens (including phenoxy) is 1. The molecule has 23 heavy (non-hydrogen) atoms. The van der Waals surface area contributed by atoms with Gasteiger partial charge in [-0.05, 0) is 34.1 Å². The lowest BCUT2D eigenvalue weighted by Gasteiger charge is -2.20. The van der Waals surface area contributed by atoms with Crippen LogP contribution in [0.3, 0.4) is 0 Å². The zero-order chi connectivity index (χ0) is 17.6.